The lowest BCUT2D eigenvalue weighted by Crippen LogP contribution is -2.51. The third kappa shape index (κ3) is 5.94. The number of amides is 2. The summed E-state index contributed by atoms with van der Waals surface area (Å²) in [5, 5.41) is 12.5. The van der Waals surface area contributed by atoms with Gasteiger partial charge in [-0.05, 0) is 51.8 Å². The normalized spacial score (nSPS) is 15.5. The maximum Gasteiger partial charge on any atom is 0.264 e. The molecule has 1 aromatic rings. The average Bonchev–Trinajstić information content (AvgIpc) is 2.93. The summed E-state index contributed by atoms with van der Waals surface area (Å²) in [6.07, 6.45) is 2.74. The first-order valence-electron chi connectivity index (χ1n) is 10.4. The number of hydrogen-bond acceptors (Lipinski definition) is 4. The molecule has 1 N–H and O–H groups in total. The third-order valence-electron chi connectivity index (χ3n) is 5.19. The van der Waals surface area contributed by atoms with E-state index >= 15 is 0 Å². The van der Waals surface area contributed by atoms with Crippen molar-refractivity contribution in [3.05, 3.63) is 28.6 Å². The second kappa shape index (κ2) is 10.3. The van der Waals surface area contributed by atoms with Crippen LogP contribution in [0.2, 0.25) is 0 Å². The van der Waals surface area contributed by atoms with Gasteiger partial charge in [0.25, 0.3) is 5.91 Å². The van der Waals surface area contributed by atoms with Gasteiger partial charge in [-0.3, -0.25) is 14.5 Å². The summed E-state index contributed by atoms with van der Waals surface area (Å²) in [6.45, 7) is 13.6. The molecule has 1 fully saturated rings. The summed E-state index contributed by atoms with van der Waals surface area (Å²) in [6, 6.07) is 4.23. The highest BCUT2D eigenvalue weighted by Gasteiger charge is 2.25. The van der Waals surface area contributed by atoms with Crippen LogP contribution in [0.4, 0.5) is 0 Å². The van der Waals surface area contributed by atoms with Crippen LogP contribution in [0.15, 0.2) is 11.6 Å². The lowest BCUT2D eigenvalue weighted by Gasteiger charge is -2.34. The van der Waals surface area contributed by atoms with Gasteiger partial charge in [-0.15, -0.1) is 0 Å². The van der Waals surface area contributed by atoms with Crippen LogP contribution in [0.5, 0.6) is 0 Å². The van der Waals surface area contributed by atoms with Crippen molar-refractivity contribution < 1.29 is 9.59 Å². The van der Waals surface area contributed by atoms with Gasteiger partial charge in [0.15, 0.2) is 0 Å². The number of piperazine rings is 1. The molecule has 0 saturated carbocycles. The van der Waals surface area contributed by atoms with Crippen molar-refractivity contribution >= 4 is 17.9 Å². The molecule has 2 heterocycles. The Morgan fingerprint density at radius 2 is 1.90 bits per heavy atom. The predicted molar refractivity (Wildman–Crippen MR) is 114 cm³/mol. The van der Waals surface area contributed by atoms with E-state index in [2.05, 4.69) is 22.9 Å². The van der Waals surface area contributed by atoms with Crippen LogP contribution in [-0.4, -0.2) is 64.9 Å². The number of aryl methyl sites for hydroxylation is 1. The molecule has 7 heteroatoms. The molecule has 0 bridgehead atoms. The van der Waals surface area contributed by atoms with Gasteiger partial charge >= 0.3 is 0 Å². The first-order chi connectivity index (χ1) is 13.8. The molecule has 1 aliphatic heterocycles. The fourth-order valence-electron chi connectivity index (χ4n) is 3.69. The van der Waals surface area contributed by atoms with Crippen molar-refractivity contribution in [1.29, 1.82) is 5.26 Å². The van der Waals surface area contributed by atoms with Crippen molar-refractivity contribution in [1.82, 2.24) is 19.7 Å². The number of nitriles is 1. The Bertz CT molecular complexity index is 808. The van der Waals surface area contributed by atoms with E-state index in [0.717, 1.165) is 29.9 Å². The number of rotatable bonds is 7. The van der Waals surface area contributed by atoms with Gasteiger partial charge < -0.3 is 14.8 Å². The Labute approximate surface area is 174 Å². The van der Waals surface area contributed by atoms with Gasteiger partial charge in [-0.2, -0.15) is 5.26 Å². The zero-order chi connectivity index (χ0) is 21.6. The van der Waals surface area contributed by atoms with Crippen LogP contribution in [0.3, 0.4) is 0 Å². The first kappa shape index (κ1) is 22.7. The van der Waals surface area contributed by atoms with Gasteiger partial charge in [0.1, 0.15) is 11.6 Å². The zero-order valence-corrected chi connectivity index (χ0v) is 18.3. The lowest BCUT2D eigenvalue weighted by atomic mass is 10.1. The summed E-state index contributed by atoms with van der Waals surface area (Å²) in [7, 11) is 0. The molecule has 7 nitrogen and oxygen atoms in total. The smallest absolute Gasteiger partial charge is 0.264 e. The van der Waals surface area contributed by atoms with Gasteiger partial charge in [0.05, 0.1) is 6.54 Å². The fraction of sp³-hybridized carbons (Fsp3) is 0.591. The molecule has 158 valence electrons. The molecule has 1 aromatic heterocycles. The lowest BCUT2D eigenvalue weighted by molar-refractivity contribution is -0.129. The highest BCUT2D eigenvalue weighted by molar-refractivity contribution is 6.01. The Morgan fingerprint density at radius 1 is 1.24 bits per heavy atom. The second-order valence-corrected chi connectivity index (χ2v) is 7.94. The van der Waals surface area contributed by atoms with E-state index in [1.807, 2.05) is 38.7 Å². The predicted octanol–water partition coefficient (Wildman–Crippen LogP) is 2.09. The zero-order valence-electron chi connectivity index (χ0n) is 18.3. The minimum Gasteiger partial charge on any atom is -0.353 e. The largest absolute Gasteiger partial charge is 0.353 e. The molecule has 29 heavy (non-hydrogen) atoms. The molecule has 0 aliphatic carbocycles. The average molecular weight is 400 g/mol. The molecule has 2 amide bonds. The summed E-state index contributed by atoms with van der Waals surface area (Å²) in [5.41, 5.74) is 3.29. The summed E-state index contributed by atoms with van der Waals surface area (Å²) in [5.74, 6) is -0.237. The molecular formula is C22H33N5O2. The standard InChI is InChI=1S/C22H33N5O2/c1-6-7-27-17(4)12-19(18(27)5)13-20(14-23)22(29)26-10-8-25(9-11-26)15-21(28)24-16(2)3/h12-13,16H,6-11,15H2,1-5H3,(H,24,28)/b20-13-. The molecule has 0 aromatic carbocycles. The molecule has 0 unspecified atom stereocenters. The van der Waals surface area contributed by atoms with Gasteiger partial charge in [-0.25, -0.2) is 0 Å². The highest BCUT2D eigenvalue weighted by atomic mass is 16.2. The minimum atomic E-state index is -0.237. The van der Waals surface area contributed by atoms with Crippen molar-refractivity contribution in [2.45, 2.75) is 53.6 Å². The van der Waals surface area contributed by atoms with Crippen LogP contribution in [0.25, 0.3) is 6.08 Å². The molecular weight excluding hydrogens is 366 g/mol. The van der Waals surface area contributed by atoms with E-state index in [0.29, 0.717) is 32.7 Å². The quantitative estimate of drug-likeness (QED) is 0.562. The van der Waals surface area contributed by atoms with Crippen molar-refractivity contribution in [2.24, 2.45) is 0 Å². The maximum atomic E-state index is 12.9. The van der Waals surface area contributed by atoms with Crippen LogP contribution in [0, 0.1) is 25.2 Å². The molecule has 0 atom stereocenters. The van der Waals surface area contributed by atoms with Gasteiger partial charge in [0, 0.05) is 50.2 Å². The van der Waals surface area contributed by atoms with Crippen LogP contribution in [0.1, 0.15) is 44.1 Å². The number of aromatic nitrogens is 1. The van der Waals surface area contributed by atoms with E-state index in [-0.39, 0.29) is 23.4 Å². The SMILES string of the molecule is CCCn1c(C)cc(/C=C(/C#N)C(=O)N2CCN(CC(=O)NC(C)C)CC2)c1C. The van der Waals surface area contributed by atoms with Crippen LogP contribution in [-0.2, 0) is 16.1 Å². The van der Waals surface area contributed by atoms with E-state index in [1.54, 1.807) is 11.0 Å². The monoisotopic (exact) mass is 399 g/mol. The number of hydrogen-bond donors (Lipinski definition) is 1. The third-order valence-corrected chi connectivity index (χ3v) is 5.19. The Balaban J connectivity index is 2.02. The maximum absolute atomic E-state index is 12.9. The van der Waals surface area contributed by atoms with Gasteiger partial charge in [0.2, 0.25) is 5.91 Å². The van der Waals surface area contributed by atoms with Crippen LogP contribution >= 0.6 is 0 Å². The van der Waals surface area contributed by atoms with Crippen molar-refractivity contribution in [3.63, 3.8) is 0 Å². The molecule has 1 aliphatic rings. The first-order valence-corrected chi connectivity index (χ1v) is 10.4. The summed E-state index contributed by atoms with van der Waals surface area (Å²) in [4.78, 5) is 28.5. The number of carbonyl (C=O) groups excluding carboxylic acids is 2. The van der Waals surface area contributed by atoms with Crippen LogP contribution < -0.4 is 5.32 Å². The van der Waals surface area contributed by atoms with E-state index < -0.39 is 0 Å². The second-order valence-electron chi connectivity index (χ2n) is 7.94. The summed E-state index contributed by atoms with van der Waals surface area (Å²) < 4.78 is 2.21. The topological polar surface area (TPSA) is 81.4 Å². The highest BCUT2D eigenvalue weighted by Crippen LogP contribution is 2.19. The van der Waals surface area contributed by atoms with Gasteiger partial charge in [-0.1, -0.05) is 6.92 Å². The summed E-state index contributed by atoms with van der Waals surface area (Å²) >= 11 is 0. The number of nitrogens with one attached hydrogen (secondary N) is 1. The molecule has 2 rings (SSSR count). The van der Waals surface area contributed by atoms with E-state index in [4.69, 9.17) is 0 Å². The fourth-order valence-corrected chi connectivity index (χ4v) is 3.69. The van der Waals surface area contributed by atoms with E-state index in [1.165, 1.54) is 0 Å². The Hall–Kier alpha value is -2.59. The molecule has 0 radical (unpaired) electrons. The van der Waals surface area contributed by atoms with E-state index in [9.17, 15) is 14.9 Å². The number of carbonyl (C=O) groups is 2. The molecule has 0 spiro atoms. The Kier molecular flexibility index (Phi) is 8.03. The van der Waals surface area contributed by atoms with Crippen molar-refractivity contribution in [2.75, 3.05) is 32.7 Å². The number of nitrogens with zero attached hydrogens (tertiary/aromatic N) is 4. The minimum absolute atomic E-state index is 0.000164. The Morgan fingerprint density at radius 3 is 2.45 bits per heavy atom. The van der Waals surface area contributed by atoms with Crippen molar-refractivity contribution in [3.8, 4) is 6.07 Å². The molecule has 1 saturated heterocycles.